The molecule has 2 aromatic heterocycles. The fraction of sp³-hybridized carbons (Fsp3) is 0. The van der Waals surface area contributed by atoms with Crippen molar-refractivity contribution in [1.29, 1.82) is 0 Å². The Hall–Kier alpha value is -1.66. The molecule has 18 heavy (non-hydrogen) atoms. The maximum atomic E-state index is 11.7. The van der Waals surface area contributed by atoms with Gasteiger partial charge in [0.25, 0.3) is 0 Å². The number of hydrogen-bond donors (Lipinski definition) is 0. The van der Waals surface area contributed by atoms with Gasteiger partial charge in [-0.15, -0.1) is 11.3 Å². The number of esters is 1. The van der Waals surface area contributed by atoms with E-state index in [-0.39, 0.29) is 0 Å². The molecule has 0 saturated heterocycles. The molecule has 0 unspecified atom stereocenters. The molecular formula is C12H6BNO2S2. The van der Waals surface area contributed by atoms with E-state index in [1.165, 1.54) is 22.7 Å². The third-order valence-electron chi connectivity index (χ3n) is 2.28. The molecule has 0 saturated carbocycles. The third kappa shape index (κ3) is 2.17. The van der Waals surface area contributed by atoms with Gasteiger partial charge in [-0.1, -0.05) is 12.1 Å². The molecule has 1 aliphatic rings. The van der Waals surface area contributed by atoms with Crippen LogP contribution in [0.1, 0.15) is 9.75 Å². The summed E-state index contributed by atoms with van der Waals surface area (Å²) in [5.74, 6) is -0.0591. The van der Waals surface area contributed by atoms with E-state index in [4.69, 9.17) is 12.6 Å². The summed E-state index contributed by atoms with van der Waals surface area (Å²) in [5.41, 5.74) is 0.306. The van der Waals surface area contributed by atoms with Crippen molar-refractivity contribution in [3.8, 4) is 0 Å². The average Bonchev–Trinajstić information content (AvgIpc) is 3.02. The second-order valence-corrected chi connectivity index (χ2v) is 5.65. The smallest absolute Gasteiger partial charge is 0.363 e. The summed E-state index contributed by atoms with van der Waals surface area (Å²) in [4.78, 5) is 17.6. The van der Waals surface area contributed by atoms with Crippen LogP contribution < -0.4 is 4.78 Å². The Kier molecular flexibility index (Phi) is 2.89. The van der Waals surface area contributed by atoms with Gasteiger partial charge < -0.3 is 4.74 Å². The van der Waals surface area contributed by atoms with Crippen molar-refractivity contribution < 1.29 is 9.53 Å². The van der Waals surface area contributed by atoms with Gasteiger partial charge in [0, 0.05) is 4.88 Å². The standard InChI is InChI=1S/C12H6BNO2S2/c13-10-4-3-7(18-10)6-8-12(15)16-11(14-8)9-2-1-5-17-9/h1-6H/b8-6-. The monoisotopic (exact) mass is 271 g/mol. The van der Waals surface area contributed by atoms with Crippen molar-refractivity contribution in [2.75, 3.05) is 0 Å². The maximum Gasteiger partial charge on any atom is 0.363 e. The molecule has 1 aliphatic heterocycles. The number of carbonyl (C=O) groups excluding carboxylic acids is 1. The largest absolute Gasteiger partial charge is 0.401 e. The lowest BCUT2D eigenvalue weighted by molar-refractivity contribution is -0.129. The first-order chi connectivity index (χ1) is 8.72. The van der Waals surface area contributed by atoms with Gasteiger partial charge in [0.15, 0.2) is 5.70 Å². The number of nitrogens with zero attached hydrogens (tertiary/aromatic N) is 1. The Balaban J connectivity index is 1.94. The van der Waals surface area contributed by atoms with E-state index in [1.807, 2.05) is 23.6 Å². The first-order valence-electron chi connectivity index (χ1n) is 5.14. The topological polar surface area (TPSA) is 38.7 Å². The van der Waals surface area contributed by atoms with Crippen LogP contribution >= 0.6 is 22.7 Å². The van der Waals surface area contributed by atoms with E-state index in [0.717, 1.165) is 9.75 Å². The molecule has 0 fully saturated rings. The van der Waals surface area contributed by atoms with E-state index in [2.05, 4.69) is 4.99 Å². The highest BCUT2D eigenvalue weighted by atomic mass is 32.1. The number of rotatable bonds is 2. The molecule has 2 aromatic rings. The normalized spacial score (nSPS) is 17.0. The molecule has 0 bridgehead atoms. The zero-order valence-corrected chi connectivity index (χ0v) is 10.8. The van der Waals surface area contributed by atoms with Crippen molar-refractivity contribution in [2.45, 2.75) is 0 Å². The fourth-order valence-corrected chi connectivity index (χ4v) is 2.86. The summed E-state index contributed by atoms with van der Waals surface area (Å²) in [6.07, 6.45) is 1.68. The Morgan fingerprint density at radius 3 is 2.89 bits per heavy atom. The van der Waals surface area contributed by atoms with Gasteiger partial charge in [0.05, 0.1) is 4.88 Å². The zero-order chi connectivity index (χ0) is 12.5. The molecule has 6 heteroatoms. The van der Waals surface area contributed by atoms with Crippen molar-refractivity contribution >= 4 is 53.2 Å². The highest BCUT2D eigenvalue weighted by molar-refractivity contribution is 7.20. The quantitative estimate of drug-likeness (QED) is 0.475. The molecule has 0 aromatic carbocycles. The zero-order valence-electron chi connectivity index (χ0n) is 9.12. The second kappa shape index (κ2) is 4.55. The third-order valence-corrected chi connectivity index (χ3v) is 4.00. The van der Waals surface area contributed by atoms with Crippen LogP contribution in [0, 0.1) is 0 Å². The van der Waals surface area contributed by atoms with Gasteiger partial charge in [-0.05, 0) is 28.4 Å². The minimum Gasteiger partial charge on any atom is -0.401 e. The summed E-state index contributed by atoms with van der Waals surface area (Å²) in [6.45, 7) is 0. The molecule has 3 heterocycles. The summed E-state index contributed by atoms with van der Waals surface area (Å²) in [6, 6.07) is 7.39. The minimum absolute atomic E-state index is 0.306. The van der Waals surface area contributed by atoms with Gasteiger partial charge in [0.2, 0.25) is 5.90 Å². The lowest BCUT2D eigenvalue weighted by atomic mass is 10.1. The Morgan fingerprint density at radius 1 is 1.33 bits per heavy atom. The highest BCUT2D eigenvalue weighted by Crippen LogP contribution is 2.22. The molecule has 86 valence electrons. The first kappa shape index (κ1) is 11.4. The van der Waals surface area contributed by atoms with E-state index < -0.39 is 5.97 Å². The van der Waals surface area contributed by atoms with E-state index >= 15 is 0 Å². The molecule has 0 spiro atoms. The Morgan fingerprint density at radius 2 is 2.22 bits per heavy atom. The molecule has 0 amide bonds. The molecule has 0 aliphatic carbocycles. The van der Waals surface area contributed by atoms with Crippen molar-refractivity contribution in [1.82, 2.24) is 0 Å². The van der Waals surface area contributed by atoms with Crippen LogP contribution in [0.2, 0.25) is 0 Å². The molecule has 0 atom stereocenters. The number of aliphatic imine (C=N–C) groups is 1. The summed E-state index contributed by atoms with van der Waals surface area (Å²) in [5, 5.41) is 1.91. The van der Waals surface area contributed by atoms with Crippen LogP contribution in [0.5, 0.6) is 0 Å². The number of cyclic esters (lactones) is 1. The van der Waals surface area contributed by atoms with Crippen molar-refractivity contribution in [3.63, 3.8) is 0 Å². The Bertz CT molecular complexity index is 655. The minimum atomic E-state index is -0.426. The number of thiophene rings is 2. The average molecular weight is 271 g/mol. The molecule has 3 nitrogen and oxygen atoms in total. The molecule has 3 rings (SSSR count). The van der Waals surface area contributed by atoms with Crippen LogP contribution in [-0.2, 0) is 9.53 Å². The van der Waals surface area contributed by atoms with E-state index in [0.29, 0.717) is 16.4 Å². The van der Waals surface area contributed by atoms with Crippen molar-refractivity contribution in [3.05, 3.63) is 45.1 Å². The van der Waals surface area contributed by atoms with Gasteiger partial charge in [0.1, 0.15) is 7.85 Å². The lowest BCUT2D eigenvalue weighted by Gasteiger charge is -1.92. The maximum absolute atomic E-state index is 11.7. The van der Waals surface area contributed by atoms with E-state index in [1.54, 1.807) is 12.1 Å². The van der Waals surface area contributed by atoms with Crippen LogP contribution in [0.15, 0.2) is 40.3 Å². The van der Waals surface area contributed by atoms with Crippen LogP contribution in [-0.4, -0.2) is 19.7 Å². The van der Waals surface area contributed by atoms with Gasteiger partial charge in [-0.25, -0.2) is 9.79 Å². The summed E-state index contributed by atoms with van der Waals surface area (Å²) < 4.78 is 5.83. The fourth-order valence-electron chi connectivity index (χ4n) is 1.50. The number of hydrogen-bond acceptors (Lipinski definition) is 5. The predicted molar refractivity (Wildman–Crippen MR) is 74.6 cm³/mol. The lowest BCUT2D eigenvalue weighted by Crippen LogP contribution is -2.03. The van der Waals surface area contributed by atoms with Gasteiger partial charge in [-0.2, -0.15) is 11.3 Å². The Labute approximate surface area is 113 Å². The predicted octanol–water partition coefficient (Wildman–Crippen LogP) is 1.95. The number of ether oxygens (including phenoxy) is 1. The molecule has 2 radical (unpaired) electrons. The molecule has 0 N–H and O–H groups in total. The first-order valence-corrected chi connectivity index (χ1v) is 6.84. The SMILES string of the molecule is [B]c1ccc(/C=C2\N=C(c3cccs3)OC2=O)s1. The van der Waals surface area contributed by atoms with Crippen LogP contribution in [0.3, 0.4) is 0 Å². The number of carbonyl (C=O) groups is 1. The van der Waals surface area contributed by atoms with Gasteiger partial charge >= 0.3 is 5.97 Å². The highest BCUT2D eigenvalue weighted by Gasteiger charge is 2.24. The summed E-state index contributed by atoms with van der Waals surface area (Å²) >= 11 is 2.88. The van der Waals surface area contributed by atoms with Crippen LogP contribution in [0.25, 0.3) is 6.08 Å². The van der Waals surface area contributed by atoms with E-state index in [9.17, 15) is 4.79 Å². The van der Waals surface area contributed by atoms with Crippen LogP contribution in [0.4, 0.5) is 0 Å². The second-order valence-electron chi connectivity index (χ2n) is 3.55. The van der Waals surface area contributed by atoms with Gasteiger partial charge in [-0.3, -0.25) is 0 Å². The molecular weight excluding hydrogens is 265 g/mol. The summed E-state index contributed by atoms with van der Waals surface area (Å²) in [7, 11) is 5.63. The van der Waals surface area contributed by atoms with Crippen molar-refractivity contribution in [2.24, 2.45) is 4.99 Å².